The largest absolute Gasteiger partial charge is 0.481 e. The van der Waals surface area contributed by atoms with E-state index in [-0.39, 0.29) is 30.1 Å². The molecule has 0 aromatic heterocycles. The van der Waals surface area contributed by atoms with Crippen LogP contribution >= 0.6 is 11.8 Å². The Labute approximate surface area is 105 Å². The van der Waals surface area contributed by atoms with Gasteiger partial charge < -0.3 is 15.1 Å². The first-order valence-electron chi connectivity index (χ1n) is 5.85. The minimum Gasteiger partial charge on any atom is -0.481 e. The van der Waals surface area contributed by atoms with E-state index in [1.807, 2.05) is 0 Å². The monoisotopic (exact) mass is 261 g/mol. The molecule has 0 radical (unpaired) electrons. The van der Waals surface area contributed by atoms with Crippen molar-refractivity contribution in [2.75, 3.05) is 24.7 Å². The van der Waals surface area contributed by atoms with Crippen molar-refractivity contribution < 1.29 is 19.8 Å². The second-order valence-corrected chi connectivity index (χ2v) is 5.15. The van der Waals surface area contributed by atoms with Crippen LogP contribution in [0.4, 0.5) is 0 Å². The number of rotatable bonds is 5. The van der Waals surface area contributed by atoms with Gasteiger partial charge in [0, 0.05) is 6.54 Å². The van der Waals surface area contributed by atoms with Gasteiger partial charge in [0.05, 0.1) is 24.2 Å². The van der Waals surface area contributed by atoms with Crippen molar-refractivity contribution in [3.8, 4) is 0 Å². The van der Waals surface area contributed by atoms with Crippen molar-refractivity contribution in [1.29, 1.82) is 0 Å². The number of hydrogen-bond donors (Lipinski definition) is 2. The molecular weight excluding hydrogens is 242 g/mol. The Balaban J connectivity index is 2.43. The Kier molecular flexibility index (Phi) is 6.36. The highest BCUT2D eigenvalue weighted by molar-refractivity contribution is 8.00. The van der Waals surface area contributed by atoms with Gasteiger partial charge in [-0.25, -0.2) is 0 Å². The molecule has 1 aliphatic rings. The van der Waals surface area contributed by atoms with E-state index in [0.29, 0.717) is 6.54 Å². The third-order valence-corrected chi connectivity index (χ3v) is 3.76. The highest BCUT2D eigenvalue weighted by Crippen LogP contribution is 2.17. The molecule has 1 unspecified atom stereocenters. The SMILES string of the molecule is O=C(O)CSCC(=O)N1CCCCCC1CO. The van der Waals surface area contributed by atoms with E-state index in [1.165, 1.54) is 0 Å². The Hall–Kier alpha value is -0.750. The van der Waals surface area contributed by atoms with Crippen molar-refractivity contribution in [3.05, 3.63) is 0 Å². The molecule has 0 aromatic carbocycles. The van der Waals surface area contributed by atoms with Crippen molar-refractivity contribution in [1.82, 2.24) is 4.90 Å². The summed E-state index contributed by atoms with van der Waals surface area (Å²) >= 11 is 1.11. The third-order valence-electron chi connectivity index (χ3n) is 2.86. The van der Waals surface area contributed by atoms with Crippen molar-refractivity contribution in [3.63, 3.8) is 0 Å². The number of likely N-dealkylation sites (tertiary alicyclic amines) is 1. The van der Waals surface area contributed by atoms with E-state index in [1.54, 1.807) is 4.90 Å². The molecule has 1 aliphatic heterocycles. The standard InChI is InChI=1S/C11H19NO4S/c13-6-9-4-2-1-3-5-12(9)10(14)7-17-8-11(15)16/h9,13H,1-8H2,(H,15,16). The molecule has 1 amide bonds. The lowest BCUT2D eigenvalue weighted by Gasteiger charge is -2.28. The van der Waals surface area contributed by atoms with Gasteiger partial charge in [-0.05, 0) is 12.8 Å². The quantitative estimate of drug-likeness (QED) is 0.756. The van der Waals surface area contributed by atoms with Crippen LogP contribution in [-0.4, -0.2) is 57.7 Å². The van der Waals surface area contributed by atoms with E-state index < -0.39 is 5.97 Å². The van der Waals surface area contributed by atoms with E-state index in [4.69, 9.17) is 5.11 Å². The van der Waals surface area contributed by atoms with Gasteiger partial charge in [0.2, 0.25) is 5.91 Å². The van der Waals surface area contributed by atoms with Crippen molar-refractivity contribution in [2.24, 2.45) is 0 Å². The Bertz CT molecular complexity index is 272. The highest BCUT2D eigenvalue weighted by Gasteiger charge is 2.24. The molecule has 0 bridgehead atoms. The second kappa shape index (κ2) is 7.55. The summed E-state index contributed by atoms with van der Waals surface area (Å²) in [4.78, 5) is 24.0. The molecular formula is C11H19NO4S. The van der Waals surface area contributed by atoms with E-state index in [9.17, 15) is 14.7 Å². The van der Waals surface area contributed by atoms with Crippen LogP contribution in [0, 0.1) is 0 Å². The minimum absolute atomic E-state index is 0.00463. The average molecular weight is 261 g/mol. The van der Waals surface area contributed by atoms with E-state index in [0.717, 1.165) is 37.4 Å². The van der Waals surface area contributed by atoms with Gasteiger partial charge in [0.25, 0.3) is 0 Å². The molecule has 1 heterocycles. The average Bonchev–Trinajstić information content (AvgIpc) is 2.52. The lowest BCUT2D eigenvalue weighted by molar-refractivity contribution is -0.133. The number of carbonyl (C=O) groups excluding carboxylic acids is 1. The first-order valence-corrected chi connectivity index (χ1v) is 7.00. The lowest BCUT2D eigenvalue weighted by atomic mass is 10.1. The van der Waals surface area contributed by atoms with Gasteiger partial charge >= 0.3 is 5.97 Å². The van der Waals surface area contributed by atoms with Crippen LogP contribution in [0.15, 0.2) is 0 Å². The lowest BCUT2D eigenvalue weighted by Crippen LogP contribution is -2.43. The molecule has 0 saturated carbocycles. The first-order chi connectivity index (χ1) is 8.15. The van der Waals surface area contributed by atoms with Crippen LogP contribution in [0.25, 0.3) is 0 Å². The van der Waals surface area contributed by atoms with Gasteiger partial charge in [-0.3, -0.25) is 9.59 Å². The normalized spacial score (nSPS) is 21.0. The molecule has 0 spiro atoms. The minimum atomic E-state index is -0.905. The maximum absolute atomic E-state index is 11.9. The second-order valence-electron chi connectivity index (χ2n) is 4.16. The van der Waals surface area contributed by atoms with Gasteiger partial charge in [-0.1, -0.05) is 12.8 Å². The third kappa shape index (κ3) is 4.95. The number of aliphatic hydroxyl groups excluding tert-OH is 1. The summed E-state index contributed by atoms with van der Waals surface area (Å²) in [5, 5.41) is 17.7. The molecule has 5 nitrogen and oxygen atoms in total. The number of carboxylic acids is 1. The molecule has 0 aromatic rings. The summed E-state index contributed by atoms with van der Waals surface area (Å²) in [6.07, 6.45) is 3.93. The van der Waals surface area contributed by atoms with Crippen LogP contribution in [0.2, 0.25) is 0 Å². The predicted molar refractivity (Wildman–Crippen MR) is 66.0 cm³/mol. The fourth-order valence-corrected chi connectivity index (χ4v) is 2.62. The number of thioether (sulfide) groups is 1. The number of carboxylic acid groups (broad SMARTS) is 1. The number of nitrogens with zero attached hydrogens (tertiary/aromatic N) is 1. The molecule has 17 heavy (non-hydrogen) atoms. The summed E-state index contributed by atoms with van der Waals surface area (Å²) < 4.78 is 0. The molecule has 1 fully saturated rings. The maximum atomic E-state index is 11.9. The molecule has 2 N–H and O–H groups in total. The number of carbonyl (C=O) groups is 2. The summed E-state index contributed by atoms with van der Waals surface area (Å²) in [5.41, 5.74) is 0. The number of hydrogen-bond acceptors (Lipinski definition) is 4. The van der Waals surface area contributed by atoms with Crippen LogP contribution in [-0.2, 0) is 9.59 Å². The Morgan fingerprint density at radius 3 is 2.65 bits per heavy atom. The van der Waals surface area contributed by atoms with Crippen LogP contribution in [0.1, 0.15) is 25.7 Å². The number of aliphatic carboxylic acids is 1. The summed E-state index contributed by atoms with van der Waals surface area (Å²) in [6.45, 7) is 0.674. The Morgan fingerprint density at radius 1 is 1.24 bits per heavy atom. The van der Waals surface area contributed by atoms with E-state index >= 15 is 0 Å². The van der Waals surface area contributed by atoms with Crippen molar-refractivity contribution in [2.45, 2.75) is 31.7 Å². The zero-order valence-corrected chi connectivity index (χ0v) is 10.6. The van der Waals surface area contributed by atoms with Gasteiger partial charge in [0.1, 0.15) is 0 Å². The summed E-state index contributed by atoms with van der Waals surface area (Å²) in [5.74, 6) is -0.832. The molecule has 98 valence electrons. The number of aliphatic hydroxyl groups is 1. The Morgan fingerprint density at radius 2 is 2.00 bits per heavy atom. The van der Waals surface area contributed by atoms with Crippen LogP contribution in [0.5, 0.6) is 0 Å². The molecule has 6 heteroatoms. The fraction of sp³-hybridized carbons (Fsp3) is 0.818. The van der Waals surface area contributed by atoms with Gasteiger partial charge in [-0.2, -0.15) is 0 Å². The topological polar surface area (TPSA) is 77.8 Å². The summed E-state index contributed by atoms with van der Waals surface area (Å²) in [6, 6.07) is -0.0876. The van der Waals surface area contributed by atoms with Gasteiger partial charge in [-0.15, -0.1) is 11.8 Å². The summed E-state index contributed by atoms with van der Waals surface area (Å²) in [7, 11) is 0. The molecule has 0 aliphatic carbocycles. The fourth-order valence-electron chi connectivity index (χ4n) is 2.00. The van der Waals surface area contributed by atoms with Crippen LogP contribution in [0.3, 0.4) is 0 Å². The maximum Gasteiger partial charge on any atom is 0.313 e. The first kappa shape index (κ1) is 14.3. The predicted octanol–water partition coefficient (Wildman–Crippen LogP) is 0.568. The molecule has 1 saturated heterocycles. The molecule has 1 rings (SSSR count). The van der Waals surface area contributed by atoms with Crippen LogP contribution < -0.4 is 0 Å². The van der Waals surface area contributed by atoms with Gasteiger partial charge in [0.15, 0.2) is 0 Å². The highest BCUT2D eigenvalue weighted by atomic mass is 32.2. The van der Waals surface area contributed by atoms with E-state index in [2.05, 4.69) is 0 Å². The zero-order valence-electron chi connectivity index (χ0n) is 9.80. The van der Waals surface area contributed by atoms with Crippen molar-refractivity contribution >= 4 is 23.6 Å². The smallest absolute Gasteiger partial charge is 0.313 e. The number of amides is 1. The molecule has 1 atom stereocenters. The zero-order chi connectivity index (χ0) is 12.7.